The number of hydrogen-bond acceptors (Lipinski definition) is 5. The van der Waals surface area contributed by atoms with Gasteiger partial charge in [-0.1, -0.05) is 18.2 Å². The first kappa shape index (κ1) is 19.2. The molecule has 1 saturated heterocycles. The summed E-state index contributed by atoms with van der Waals surface area (Å²) in [6, 6.07) is 0. The van der Waals surface area contributed by atoms with Crippen molar-refractivity contribution in [1.29, 1.82) is 0 Å². The molecule has 0 bridgehead atoms. The van der Waals surface area contributed by atoms with Gasteiger partial charge in [-0.15, -0.1) is 0 Å². The van der Waals surface area contributed by atoms with Gasteiger partial charge in [0.2, 0.25) is 0 Å². The number of hydrogen-bond donors (Lipinski definition) is 0. The molecular formula is C18H29BO5. The maximum absolute atomic E-state index is 11.8. The molecule has 0 aromatic heterocycles. The zero-order chi connectivity index (χ0) is 18.2. The average Bonchev–Trinajstić information content (AvgIpc) is 2.64. The minimum absolute atomic E-state index is 0.0665. The number of esters is 1. The van der Waals surface area contributed by atoms with Crippen LogP contribution in [0, 0.1) is 0 Å². The lowest BCUT2D eigenvalue weighted by molar-refractivity contribution is -0.161. The van der Waals surface area contributed by atoms with Gasteiger partial charge >= 0.3 is 13.1 Å². The highest BCUT2D eigenvalue weighted by atomic mass is 16.7. The SMILES string of the molecule is CC(C)(C)OC(=O)COC1C=C(B2OC(C)(C)C(C)(C)O2)C=CC1. The van der Waals surface area contributed by atoms with Crippen LogP contribution in [-0.2, 0) is 23.6 Å². The van der Waals surface area contributed by atoms with Crippen LogP contribution >= 0.6 is 0 Å². The fourth-order valence-corrected chi connectivity index (χ4v) is 2.47. The van der Waals surface area contributed by atoms with Crippen LogP contribution in [0.15, 0.2) is 23.7 Å². The highest BCUT2D eigenvalue weighted by Gasteiger charge is 2.52. The van der Waals surface area contributed by atoms with E-state index in [9.17, 15) is 4.79 Å². The Balaban J connectivity index is 1.94. The second-order valence-electron chi connectivity index (χ2n) is 8.33. The van der Waals surface area contributed by atoms with Crippen LogP contribution in [0.2, 0.25) is 0 Å². The molecule has 2 rings (SSSR count). The van der Waals surface area contributed by atoms with Gasteiger partial charge in [0.15, 0.2) is 0 Å². The van der Waals surface area contributed by atoms with E-state index in [4.69, 9.17) is 18.8 Å². The van der Waals surface area contributed by atoms with Crippen molar-refractivity contribution in [3.8, 4) is 0 Å². The van der Waals surface area contributed by atoms with E-state index < -0.39 is 12.7 Å². The van der Waals surface area contributed by atoms with E-state index in [-0.39, 0.29) is 29.9 Å². The second kappa shape index (κ2) is 6.66. The molecule has 0 spiro atoms. The number of allylic oxidation sites excluding steroid dienone is 2. The summed E-state index contributed by atoms with van der Waals surface area (Å²) < 4.78 is 23.0. The van der Waals surface area contributed by atoms with Crippen molar-refractivity contribution in [2.24, 2.45) is 0 Å². The van der Waals surface area contributed by atoms with Gasteiger partial charge in [-0.2, -0.15) is 0 Å². The van der Waals surface area contributed by atoms with Gasteiger partial charge in [0.25, 0.3) is 0 Å². The van der Waals surface area contributed by atoms with Gasteiger partial charge in [-0.25, -0.2) is 4.79 Å². The first-order valence-electron chi connectivity index (χ1n) is 8.47. The summed E-state index contributed by atoms with van der Waals surface area (Å²) in [5, 5.41) is 0. The van der Waals surface area contributed by atoms with Crippen LogP contribution in [-0.4, -0.2) is 42.6 Å². The van der Waals surface area contributed by atoms with Crippen LogP contribution in [0.5, 0.6) is 0 Å². The summed E-state index contributed by atoms with van der Waals surface area (Å²) in [6.45, 7) is 13.5. The molecule has 1 fully saturated rings. The largest absolute Gasteiger partial charge is 0.494 e. The third kappa shape index (κ3) is 4.71. The monoisotopic (exact) mass is 336 g/mol. The standard InChI is InChI=1S/C18H29BO5/c1-16(2,3)22-15(20)12-21-14-10-8-9-13(11-14)19-23-17(4,5)18(6,7)24-19/h8-9,11,14H,10,12H2,1-7H3. The first-order chi connectivity index (χ1) is 10.9. The van der Waals surface area contributed by atoms with Crippen LogP contribution in [0.4, 0.5) is 0 Å². The lowest BCUT2D eigenvalue weighted by Crippen LogP contribution is -2.41. The summed E-state index contributed by atoms with van der Waals surface area (Å²) in [7, 11) is -0.417. The van der Waals surface area contributed by atoms with Crippen LogP contribution < -0.4 is 0 Å². The van der Waals surface area contributed by atoms with E-state index in [1.807, 2.05) is 66.7 Å². The highest BCUT2D eigenvalue weighted by Crippen LogP contribution is 2.39. The third-order valence-corrected chi connectivity index (χ3v) is 4.42. The molecule has 134 valence electrons. The molecule has 0 N–H and O–H groups in total. The smallest absolute Gasteiger partial charge is 0.458 e. The average molecular weight is 336 g/mol. The molecule has 6 heteroatoms. The molecule has 0 amide bonds. The molecule has 0 saturated carbocycles. The maximum Gasteiger partial charge on any atom is 0.494 e. The van der Waals surface area contributed by atoms with Gasteiger partial charge in [0.05, 0.1) is 17.3 Å². The Hall–Kier alpha value is -1.11. The zero-order valence-electron chi connectivity index (χ0n) is 15.8. The molecule has 1 aliphatic carbocycles. The Kier molecular flexibility index (Phi) is 5.33. The number of carbonyl (C=O) groups is 1. The predicted octanol–water partition coefficient (Wildman–Crippen LogP) is 3.23. The molecule has 1 atom stereocenters. The van der Waals surface area contributed by atoms with Crippen LogP contribution in [0.25, 0.3) is 0 Å². The zero-order valence-corrected chi connectivity index (χ0v) is 15.8. The van der Waals surface area contributed by atoms with E-state index in [1.165, 1.54) is 0 Å². The van der Waals surface area contributed by atoms with Crippen molar-refractivity contribution in [1.82, 2.24) is 0 Å². The fourth-order valence-electron chi connectivity index (χ4n) is 2.47. The Bertz CT molecular complexity index is 526. The molecule has 0 radical (unpaired) electrons. The molecule has 24 heavy (non-hydrogen) atoms. The Morgan fingerprint density at radius 2 is 1.83 bits per heavy atom. The molecule has 0 aromatic carbocycles. The quantitative estimate of drug-likeness (QED) is 0.583. The normalized spacial score (nSPS) is 25.5. The van der Waals surface area contributed by atoms with Crippen LogP contribution in [0.1, 0.15) is 54.9 Å². The molecule has 1 aliphatic heterocycles. The maximum atomic E-state index is 11.8. The number of ether oxygens (including phenoxy) is 2. The summed E-state index contributed by atoms with van der Waals surface area (Å²) in [4.78, 5) is 11.8. The van der Waals surface area contributed by atoms with Gasteiger partial charge < -0.3 is 18.8 Å². The second-order valence-corrected chi connectivity index (χ2v) is 8.33. The van der Waals surface area contributed by atoms with Crippen molar-refractivity contribution in [2.45, 2.75) is 77.8 Å². The number of carbonyl (C=O) groups excluding carboxylic acids is 1. The van der Waals surface area contributed by atoms with Gasteiger partial charge in [-0.05, 0) is 60.4 Å². The minimum Gasteiger partial charge on any atom is -0.458 e. The van der Waals surface area contributed by atoms with E-state index in [0.717, 1.165) is 5.47 Å². The van der Waals surface area contributed by atoms with Crippen molar-refractivity contribution in [2.75, 3.05) is 6.61 Å². The van der Waals surface area contributed by atoms with Gasteiger partial charge in [0, 0.05) is 0 Å². The van der Waals surface area contributed by atoms with Crippen molar-refractivity contribution in [3.05, 3.63) is 23.7 Å². The lowest BCUT2D eigenvalue weighted by atomic mass is 9.75. The van der Waals surface area contributed by atoms with E-state index in [1.54, 1.807) is 0 Å². The molecule has 0 aromatic rings. The van der Waals surface area contributed by atoms with Crippen LogP contribution in [0.3, 0.4) is 0 Å². The Morgan fingerprint density at radius 1 is 1.25 bits per heavy atom. The summed E-state index contributed by atoms with van der Waals surface area (Å²) in [5.41, 5.74) is -0.335. The van der Waals surface area contributed by atoms with E-state index >= 15 is 0 Å². The molecule has 1 unspecified atom stereocenters. The summed E-state index contributed by atoms with van der Waals surface area (Å²) in [5.74, 6) is -0.359. The van der Waals surface area contributed by atoms with Crippen molar-refractivity contribution >= 4 is 13.1 Å². The third-order valence-electron chi connectivity index (χ3n) is 4.42. The Morgan fingerprint density at radius 3 is 2.38 bits per heavy atom. The van der Waals surface area contributed by atoms with E-state index in [0.29, 0.717) is 6.42 Å². The van der Waals surface area contributed by atoms with Crippen molar-refractivity contribution in [3.63, 3.8) is 0 Å². The predicted molar refractivity (Wildman–Crippen MR) is 93.5 cm³/mol. The van der Waals surface area contributed by atoms with E-state index in [2.05, 4.69) is 0 Å². The molecule has 2 aliphatic rings. The summed E-state index contributed by atoms with van der Waals surface area (Å²) in [6.07, 6.45) is 6.50. The highest BCUT2D eigenvalue weighted by molar-refractivity contribution is 6.55. The summed E-state index contributed by atoms with van der Waals surface area (Å²) >= 11 is 0. The van der Waals surface area contributed by atoms with Crippen molar-refractivity contribution < 1.29 is 23.6 Å². The van der Waals surface area contributed by atoms with Gasteiger partial charge in [0.1, 0.15) is 12.2 Å². The Labute approximate surface area is 145 Å². The first-order valence-corrected chi connectivity index (χ1v) is 8.47. The molecule has 5 nitrogen and oxygen atoms in total. The molecular weight excluding hydrogens is 307 g/mol. The molecule has 1 heterocycles. The minimum atomic E-state index is -0.503. The van der Waals surface area contributed by atoms with Gasteiger partial charge in [-0.3, -0.25) is 0 Å². The number of rotatable bonds is 4. The topological polar surface area (TPSA) is 54.0 Å². The lowest BCUT2D eigenvalue weighted by Gasteiger charge is -2.32. The fraction of sp³-hybridized carbons (Fsp3) is 0.722.